The lowest BCUT2D eigenvalue weighted by Crippen LogP contribution is -2.47. The van der Waals surface area contributed by atoms with Crippen LogP contribution in [0, 0.1) is 5.92 Å². The second-order valence-electron chi connectivity index (χ2n) is 5.59. The molecule has 0 bridgehead atoms. The highest BCUT2D eigenvalue weighted by molar-refractivity contribution is 5.78. The Morgan fingerprint density at radius 2 is 2.19 bits per heavy atom. The summed E-state index contributed by atoms with van der Waals surface area (Å²) in [6, 6.07) is 0.341. The molecule has 2 atom stereocenters. The van der Waals surface area contributed by atoms with Gasteiger partial charge in [-0.15, -0.1) is 0 Å². The molecule has 0 aromatic heterocycles. The van der Waals surface area contributed by atoms with Crippen LogP contribution in [0.4, 0.5) is 0 Å². The van der Waals surface area contributed by atoms with E-state index in [1.54, 1.807) is 0 Å². The molecule has 4 heteroatoms. The van der Waals surface area contributed by atoms with E-state index < -0.39 is 0 Å². The largest absolute Gasteiger partial charge is 0.381 e. The molecule has 0 aliphatic carbocycles. The third-order valence-corrected chi connectivity index (χ3v) is 2.77. The normalized spacial score (nSPS) is 23.1. The lowest BCUT2D eigenvalue weighted by atomic mass is 10.0. The molecule has 1 aliphatic heterocycles. The first kappa shape index (κ1) is 13.5. The average Bonchev–Trinajstić information content (AvgIpc) is 2.64. The summed E-state index contributed by atoms with van der Waals surface area (Å²) in [5.41, 5.74) is -0.154. The van der Waals surface area contributed by atoms with Gasteiger partial charge in [0.1, 0.15) is 0 Å². The van der Waals surface area contributed by atoms with Crippen LogP contribution in [0.5, 0.6) is 0 Å². The van der Waals surface area contributed by atoms with E-state index in [1.807, 2.05) is 20.8 Å². The molecule has 0 aromatic rings. The maximum Gasteiger partial charge on any atom is 0.234 e. The highest BCUT2D eigenvalue weighted by atomic mass is 16.5. The first-order chi connectivity index (χ1) is 7.38. The Bertz CT molecular complexity index is 230. The van der Waals surface area contributed by atoms with Crippen molar-refractivity contribution in [2.75, 3.05) is 19.8 Å². The number of nitrogens with one attached hydrogen (secondary N) is 2. The molecule has 0 aromatic carbocycles. The van der Waals surface area contributed by atoms with Crippen LogP contribution in [-0.2, 0) is 9.53 Å². The lowest BCUT2D eigenvalue weighted by molar-refractivity contribution is -0.121. The van der Waals surface area contributed by atoms with E-state index in [1.165, 1.54) is 0 Å². The molecule has 94 valence electrons. The maximum absolute atomic E-state index is 11.6. The van der Waals surface area contributed by atoms with E-state index >= 15 is 0 Å². The molecule has 1 rings (SSSR count). The van der Waals surface area contributed by atoms with E-state index in [0.29, 0.717) is 18.5 Å². The molecular formula is C12H24N2O2. The molecule has 1 aliphatic rings. The summed E-state index contributed by atoms with van der Waals surface area (Å²) in [6.45, 7) is 10.1. The Kier molecular flexibility index (Phi) is 4.74. The highest BCUT2D eigenvalue weighted by Crippen LogP contribution is 2.15. The van der Waals surface area contributed by atoms with Crippen LogP contribution in [0.25, 0.3) is 0 Å². The van der Waals surface area contributed by atoms with Crippen molar-refractivity contribution < 1.29 is 9.53 Å². The number of carbonyl (C=O) groups excluding carboxylic acids is 1. The van der Waals surface area contributed by atoms with Gasteiger partial charge in [-0.3, -0.25) is 4.79 Å². The molecule has 2 N–H and O–H groups in total. The number of carbonyl (C=O) groups is 1. The number of ether oxygens (including phenoxy) is 1. The Morgan fingerprint density at radius 1 is 1.50 bits per heavy atom. The standard InChI is InChI=1S/C12H24N2O2/c1-9(10-5-6-16-8-10)13-7-11(15)14-12(2,3)4/h9-10,13H,5-8H2,1-4H3,(H,14,15). The van der Waals surface area contributed by atoms with E-state index in [4.69, 9.17) is 4.74 Å². The molecular weight excluding hydrogens is 204 g/mol. The van der Waals surface area contributed by atoms with Gasteiger partial charge in [-0.2, -0.15) is 0 Å². The van der Waals surface area contributed by atoms with Gasteiger partial charge < -0.3 is 15.4 Å². The third-order valence-electron chi connectivity index (χ3n) is 2.77. The van der Waals surface area contributed by atoms with E-state index in [9.17, 15) is 4.79 Å². The predicted molar refractivity (Wildman–Crippen MR) is 64.3 cm³/mol. The van der Waals surface area contributed by atoms with Crippen molar-refractivity contribution >= 4 is 5.91 Å². The number of hydrogen-bond acceptors (Lipinski definition) is 3. The second kappa shape index (κ2) is 5.64. The second-order valence-corrected chi connectivity index (χ2v) is 5.59. The SMILES string of the molecule is CC(NCC(=O)NC(C)(C)C)C1CCOC1. The minimum absolute atomic E-state index is 0.0539. The predicted octanol–water partition coefficient (Wildman–Crippen LogP) is 0.916. The Labute approximate surface area is 98.1 Å². The molecule has 1 heterocycles. The zero-order valence-electron chi connectivity index (χ0n) is 10.8. The minimum Gasteiger partial charge on any atom is -0.381 e. The molecule has 4 nitrogen and oxygen atoms in total. The zero-order valence-corrected chi connectivity index (χ0v) is 10.8. The Hall–Kier alpha value is -0.610. The van der Waals surface area contributed by atoms with Gasteiger partial charge >= 0.3 is 0 Å². The van der Waals surface area contributed by atoms with E-state index in [-0.39, 0.29) is 11.4 Å². The monoisotopic (exact) mass is 228 g/mol. The summed E-state index contributed by atoms with van der Waals surface area (Å²) >= 11 is 0. The fourth-order valence-electron chi connectivity index (χ4n) is 1.83. The van der Waals surface area contributed by atoms with Crippen LogP contribution in [0.3, 0.4) is 0 Å². The van der Waals surface area contributed by atoms with Crippen LogP contribution in [0.1, 0.15) is 34.1 Å². The van der Waals surface area contributed by atoms with Crippen LogP contribution in [0.2, 0.25) is 0 Å². The van der Waals surface area contributed by atoms with Gasteiger partial charge in [0.2, 0.25) is 5.91 Å². The molecule has 0 radical (unpaired) electrons. The number of amides is 1. The van der Waals surface area contributed by atoms with Crippen LogP contribution < -0.4 is 10.6 Å². The van der Waals surface area contributed by atoms with Gasteiger partial charge in [0, 0.05) is 18.2 Å². The van der Waals surface area contributed by atoms with E-state index in [2.05, 4.69) is 17.6 Å². The topological polar surface area (TPSA) is 50.4 Å². The van der Waals surface area contributed by atoms with Crippen molar-refractivity contribution in [3.63, 3.8) is 0 Å². The van der Waals surface area contributed by atoms with Gasteiger partial charge in [0.15, 0.2) is 0 Å². The zero-order chi connectivity index (χ0) is 12.2. The van der Waals surface area contributed by atoms with Crippen molar-refractivity contribution in [1.29, 1.82) is 0 Å². The summed E-state index contributed by atoms with van der Waals surface area (Å²) in [5.74, 6) is 0.598. The molecule has 0 spiro atoms. The first-order valence-corrected chi connectivity index (χ1v) is 6.00. The fourth-order valence-corrected chi connectivity index (χ4v) is 1.83. The van der Waals surface area contributed by atoms with Gasteiger partial charge in [-0.05, 0) is 40.0 Å². The van der Waals surface area contributed by atoms with Gasteiger partial charge in [-0.25, -0.2) is 0 Å². The van der Waals surface area contributed by atoms with Gasteiger partial charge in [0.25, 0.3) is 0 Å². The molecule has 16 heavy (non-hydrogen) atoms. The van der Waals surface area contributed by atoms with Crippen LogP contribution in [0.15, 0.2) is 0 Å². The molecule has 0 saturated carbocycles. The smallest absolute Gasteiger partial charge is 0.234 e. The van der Waals surface area contributed by atoms with Gasteiger partial charge in [-0.1, -0.05) is 0 Å². The summed E-state index contributed by atoms with van der Waals surface area (Å²) in [5, 5.41) is 6.19. The van der Waals surface area contributed by atoms with Crippen molar-refractivity contribution in [2.24, 2.45) is 5.92 Å². The summed E-state index contributed by atoms with van der Waals surface area (Å²) in [7, 11) is 0. The summed E-state index contributed by atoms with van der Waals surface area (Å²) < 4.78 is 5.33. The molecule has 2 unspecified atom stereocenters. The molecule has 1 amide bonds. The lowest BCUT2D eigenvalue weighted by Gasteiger charge is -2.23. The van der Waals surface area contributed by atoms with Crippen molar-refractivity contribution in [3.05, 3.63) is 0 Å². The Morgan fingerprint density at radius 3 is 2.69 bits per heavy atom. The first-order valence-electron chi connectivity index (χ1n) is 6.00. The van der Waals surface area contributed by atoms with Crippen molar-refractivity contribution in [3.8, 4) is 0 Å². The number of rotatable bonds is 4. The third kappa shape index (κ3) is 4.94. The van der Waals surface area contributed by atoms with E-state index in [0.717, 1.165) is 19.6 Å². The van der Waals surface area contributed by atoms with Gasteiger partial charge in [0.05, 0.1) is 13.2 Å². The maximum atomic E-state index is 11.6. The summed E-state index contributed by atoms with van der Waals surface area (Å²) in [4.78, 5) is 11.6. The van der Waals surface area contributed by atoms with Crippen molar-refractivity contribution in [2.45, 2.75) is 45.7 Å². The molecule has 1 saturated heterocycles. The average molecular weight is 228 g/mol. The summed E-state index contributed by atoms with van der Waals surface area (Å²) in [6.07, 6.45) is 1.09. The Balaban J connectivity index is 2.20. The van der Waals surface area contributed by atoms with Crippen LogP contribution in [-0.4, -0.2) is 37.2 Å². The quantitative estimate of drug-likeness (QED) is 0.752. The fraction of sp³-hybridized carbons (Fsp3) is 0.917. The van der Waals surface area contributed by atoms with Crippen molar-refractivity contribution in [1.82, 2.24) is 10.6 Å². The van der Waals surface area contributed by atoms with Crippen LogP contribution >= 0.6 is 0 Å². The number of hydrogen-bond donors (Lipinski definition) is 2. The highest BCUT2D eigenvalue weighted by Gasteiger charge is 2.22. The molecule has 1 fully saturated rings. The minimum atomic E-state index is -0.154.